The molecule has 7 nitrogen and oxygen atoms in total. The fourth-order valence-corrected chi connectivity index (χ4v) is 3.77. The zero-order chi connectivity index (χ0) is 22.3. The van der Waals surface area contributed by atoms with Gasteiger partial charge in [0.1, 0.15) is 11.5 Å². The summed E-state index contributed by atoms with van der Waals surface area (Å²) >= 11 is 0. The Labute approximate surface area is 179 Å². The molecule has 8 heteroatoms. The first-order valence-electron chi connectivity index (χ1n) is 9.75. The van der Waals surface area contributed by atoms with Crippen molar-refractivity contribution < 1.29 is 22.7 Å². The molecule has 2 aromatic carbocycles. The van der Waals surface area contributed by atoms with Crippen molar-refractivity contribution in [2.24, 2.45) is 0 Å². The predicted octanol–water partition coefficient (Wildman–Crippen LogP) is 2.98. The highest BCUT2D eigenvalue weighted by Crippen LogP contribution is 2.25. The number of ether oxygens (including phenoxy) is 2. The van der Waals surface area contributed by atoms with Gasteiger partial charge in [-0.1, -0.05) is 12.1 Å². The van der Waals surface area contributed by atoms with E-state index in [0.29, 0.717) is 24.3 Å². The summed E-state index contributed by atoms with van der Waals surface area (Å²) in [6, 6.07) is 12.3. The Kier molecular flexibility index (Phi) is 8.25. The van der Waals surface area contributed by atoms with Crippen LogP contribution in [-0.2, 0) is 27.8 Å². The van der Waals surface area contributed by atoms with Crippen LogP contribution in [0.2, 0.25) is 0 Å². The minimum Gasteiger partial charge on any atom is -0.496 e. The van der Waals surface area contributed by atoms with E-state index in [9.17, 15) is 13.2 Å². The normalized spacial score (nSPS) is 11.6. The molecule has 0 bridgehead atoms. The van der Waals surface area contributed by atoms with Gasteiger partial charge in [-0.05, 0) is 61.7 Å². The molecule has 0 aliphatic heterocycles. The molecule has 0 fully saturated rings. The number of methoxy groups -OCH3 is 1. The van der Waals surface area contributed by atoms with Gasteiger partial charge in [0.15, 0.2) is 0 Å². The molecule has 1 N–H and O–H groups in total. The fraction of sp³-hybridized carbons (Fsp3) is 0.409. The number of amides is 1. The number of nitrogens with zero attached hydrogens (tertiary/aromatic N) is 1. The van der Waals surface area contributed by atoms with E-state index in [1.165, 1.54) is 27.3 Å². The largest absolute Gasteiger partial charge is 0.496 e. The third kappa shape index (κ3) is 6.47. The summed E-state index contributed by atoms with van der Waals surface area (Å²) in [5, 5.41) is 2.88. The number of nitrogens with one attached hydrogen (secondary N) is 1. The summed E-state index contributed by atoms with van der Waals surface area (Å²) in [6.45, 7) is 4.34. The smallest absolute Gasteiger partial charge is 0.242 e. The maximum atomic E-state index is 12.4. The molecule has 1 amide bonds. The quantitative estimate of drug-likeness (QED) is 0.621. The van der Waals surface area contributed by atoms with Crippen molar-refractivity contribution in [2.45, 2.75) is 44.2 Å². The van der Waals surface area contributed by atoms with E-state index in [1.54, 1.807) is 12.1 Å². The van der Waals surface area contributed by atoms with Gasteiger partial charge in [-0.2, -0.15) is 0 Å². The first-order chi connectivity index (χ1) is 14.1. The van der Waals surface area contributed by atoms with E-state index in [-0.39, 0.29) is 23.3 Å². The third-order valence-electron chi connectivity index (χ3n) is 4.44. The van der Waals surface area contributed by atoms with Crippen LogP contribution in [0.5, 0.6) is 11.5 Å². The Bertz CT molecular complexity index is 954. The lowest BCUT2D eigenvalue weighted by atomic mass is 10.1. The highest BCUT2D eigenvalue weighted by atomic mass is 32.2. The van der Waals surface area contributed by atoms with Crippen molar-refractivity contribution in [2.75, 3.05) is 21.2 Å². The average molecular weight is 435 g/mol. The van der Waals surface area contributed by atoms with Crippen LogP contribution in [0.4, 0.5) is 0 Å². The van der Waals surface area contributed by atoms with E-state index < -0.39 is 10.0 Å². The Morgan fingerprint density at radius 3 is 2.33 bits per heavy atom. The molecule has 0 atom stereocenters. The van der Waals surface area contributed by atoms with Crippen molar-refractivity contribution in [3.05, 3.63) is 53.6 Å². The number of sulfonamides is 1. The second-order valence-electron chi connectivity index (χ2n) is 7.35. The lowest BCUT2D eigenvalue weighted by Gasteiger charge is -2.14. The Hall–Kier alpha value is -2.58. The zero-order valence-electron chi connectivity index (χ0n) is 18.1. The summed E-state index contributed by atoms with van der Waals surface area (Å²) < 4.78 is 36.8. The molecular formula is C22H30N2O5S. The van der Waals surface area contributed by atoms with Crippen molar-refractivity contribution in [3.8, 4) is 11.5 Å². The Morgan fingerprint density at radius 2 is 1.77 bits per heavy atom. The van der Waals surface area contributed by atoms with Crippen LogP contribution < -0.4 is 14.8 Å². The van der Waals surface area contributed by atoms with Crippen molar-refractivity contribution in [1.82, 2.24) is 9.62 Å². The summed E-state index contributed by atoms with van der Waals surface area (Å²) in [4.78, 5) is 12.5. The van der Waals surface area contributed by atoms with Crippen LogP contribution in [0.25, 0.3) is 0 Å². The molecule has 0 radical (unpaired) electrons. The molecular weight excluding hydrogens is 404 g/mol. The van der Waals surface area contributed by atoms with Gasteiger partial charge < -0.3 is 14.8 Å². The molecule has 0 unspecified atom stereocenters. The van der Waals surface area contributed by atoms with Gasteiger partial charge in [-0.3, -0.25) is 4.79 Å². The molecule has 0 spiro atoms. The second kappa shape index (κ2) is 10.4. The first kappa shape index (κ1) is 23.7. The Balaban J connectivity index is 1.97. The maximum absolute atomic E-state index is 12.4. The van der Waals surface area contributed by atoms with Crippen LogP contribution in [0.3, 0.4) is 0 Å². The van der Waals surface area contributed by atoms with E-state index >= 15 is 0 Å². The van der Waals surface area contributed by atoms with Crippen molar-refractivity contribution >= 4 is 15.9 Å². The lowest BCUT2D eigenvalue weighted by molar-refractivity contribution is -0.121. The van der Waals surface area contributed by atoms with Gasteiger partial charge in [0, 0.05) is 27.1 Å². The minimum atomic E-state index is -3.55. The van der Waals surface area contributed by atoms with E-state index in [2.05, 4.69) is 5.32 Å². The van der Waals surface area contributed by atoms with Gasteiger partial charge in [-0.15, -0.1) is 0 Å². The predicted molar refractivity (Wildman–Crippen MR) is 116 cm³/mol. The SMILES string of the molecule is COc1ccc(S(=O)(=O)N(C)C)cc1CCC(=O)NCc1ccc(OC(C)C)cc1. The fourth-order valence-electron chi connectivity index (χ4n) is 2.82. The number of aryl methyl sites for hydroxylation is 1. The molecule has 0 heterocycles. The molecule has 30 heavy (non-hydrogen) atoms. The molecule has 2 aromatic rings. The van der Waals surface area contributed by atoms with E-state index in [1.807, 2.05) is 38.1 Å². The first-order valence-corrected chi connectivity index (χ1v) is 11.2. The van der Waals surface area contributed by atoms with Crippen molar-refractivity contribution in [3.63, 3.8) is 0 Å². The molecule has 164 valence electrons. The summed E-state index contributed by atoms with van der Waals surface area (Å²) in [6.07, 6.45) is 0.697. The van der Waals surface area contributed by atoms with Gasteiger partial charge in [0.05, 0.1) is 18.1 Å². The highest BCUT2D eigenvalue weighted by molar-refractivity contribution is 7.89. The van der Waals surface area contributed by atoms with Gasteiger partial charge in [-0.25, -0.2) is 12.7 Å². The summed E-state index contributed by atoms with van der Waals surface area (Å²) in [5.74, 6) is 1.22. The topological polar surface area (TPSA) is 84.9 Å². The monoisotopic (exact) mass is 434 g/mol. The van der Waals surface area contributed by atoms with Crippen LogP contribution in [0, 0.1) is 0 Å². The molecule has 2 rings (SSSR count). The minimum absolute atomic E-state index is 0.110. The number of hydrogen-bond donors (Lipinski definition) is 1. The van der Waals surface area contributed by atoms with Gasteiger partial charge in [0.2, 0.25) is 15.9 Å². The molecule has 0 aliphatic carbocycles. The van der Waals surface area contributed by atoms with Crippen molar-refractivity contribution in [1.29, 1.82) is 0 Å². The third-order valence-corrected chi connectivity index (χ3v) is 6.25. The molecule has 0 saturated heterocycles. The highest BCUT2D eigenvalue weighted by Gasteiger charge is 2.19. The van der Waals surface area contributed by atoms with Crippen LogP contribution in [-0.4, -0.2) is 45.9 Å². The number of rotatable bonds is 10. The van der Waals surface area contributed by atoms with E-state index in [0.717, 1.165) is 15.6 Å². The van der Waals surface area contributed by atoms with Crippen LogP contribution in [0.15, 0.2) is 47.4 Å². The Morgan fingerprint density at radius 1 is 1.10 bits per heavy atom. The standard InChI is InChI=1S/C22H30N2O5S/c1-16(2)29-19-9-6-17(7-10-19)15-23-22(25)13-8-18-14-20(11-12-21(18)28-5)30(26,27)24(3)4/h6-7,9-12,14,16H,8,13,15H2,1-5H3,(H,23,25). The van der Waals surface area contributed by atoms with Crippen LogP contribution >= 0.6 is 0 Å². The number of carbonyl (C=O) groups excluding carboxylic acids is 1. The lowest BCUT2D eigenvalue weighted by Crippen LogP contribution is -2.23. The average Bonchev–Trinajstić information content (AvgIpc) is 2.70. The van der Waals surface area contributed by atoms with Crippen LogP contribution in [0.1, 0.15) is 31.4 Å². The second-order valence-corrected chi connectivity index (χ2v) is 9.50. The van der Waals surface area contributed by atoms with Gasteiger partial charge >= 0.3 is 0 Å². The number of benzene rings is 2. The molecule has 0 aromatic heterocycles. The zero-order valence-corrected chi connectivity index (χ0v) is 19.0. The summed E-state index contributed by atoms with van der Waals surface area (Å²) in [7, 11) is 0.927. The molecule has 0 saturated carbocycles. The molecule has 0 aliphatic rings. The summed E-state index contributed by atoms with van der Waals surface area (Å²) in [5.41, 5.74) is 1.64. The number of carbonyl (C=O) groups is 1. The number of hydrogen-bond acceptors (Lipinski definition) is 5. The van der Waals surface area contributed by atoms with Gasteiger partial charge in [0.25, 0.3) is 0 Å². The maximum Gasteiger partial charge on any atom is 0.242 e. The van der Waals surface area contributed by atoms with E-state index in [4.69, 9.17) is 9.47 Å².